The Labute approximate surface area is 109 Å². The third-order valence-electron chi connectivity index (χ3n) is 3.53. The molecule has 0 spiro atoms. The third kappa shape index (κ3) is 3.33. The molecule has 3 nitrogen and oxygen atoms in total. The summed E-state index contributed by atoms with van der Waals surface area (Å²) in [5, 5.41) is 6.43. The summed E-state index contributed by atoms with van der Waals surface area (Å²) in [6.45, 7) is 3.93. The summed E-state index contributed by atoms with van der Waals surface area (Å²) in [7, 11) is 0. The molecule has 0 saturated carbocycles. The molecule has 1 fully saturated rings. The molecule has 1 saturated heterocycles. The van der Waals surface area contributed by atoms with Crippen molar-refractivity contribution in [2.75, 3.05) is 13.1 Å². The minimum absolute atomic E-state index is 0.146. The van der Waals surface area contributed by atoms with Gasteiger partial charge in [0, 0.05) is 6.54 Å². The molecule has 1 aromatic carbocycles. The highest BCUT2D eigenvalue weighted by molar-refractivity contribution is 5.79. The van der Waals surface area contributed by atoms with Gasteiger partial charge in [0.25, 0.3) is 0 Å². The number of rotatable bonds is 5. The largest absolute Gasteiger partial charge is 0.349 e. The number of carbonyl (C=O) groups is 1. The van der Waals surface area contributed by atoms with E-state index in [1.165, 1.54) is 5.56 Å². The minimum atomic E-state index is 0.146. The van der Waals surface area contributed by atoms with Crippen LogP contribution in [0.4, 0.5) is 0 Å². The van der Waals surface area contributed by atoms with E-state index in [1.54, 1.807) is 0 Å². The van der Waals surface area contributed by atoms with Gasteiger partial charge in [-0.3, -0.25) is 4.79 Å². The van der Waals surface area contributed by atoms with Gasteiger partial charge in [-0.25, -0.2) is 0 Å². The third-order valence-corrected chi connectivity index (χ3v) is 3.53. The number of benzene rings is 1. The van der Waals surface area contributed by atoms with Crippen molar-refractivity contribution < 1.29 is 4.79 Å². The smallest absolute Gasteiger partial charge is 0.224 e. The van der Waals surface area contributed by atoms with E-state index in [0.717, 1.165) is 32.4 Å². The van der Waals surface area contributed by atoms with Crippen LogP contribution < -0.4 is 10.6 Å². The Morgan fingerprint density at radius 3 is 2.83 bits per heavy atom. The van der Waals surface area contributed by atoms with E-state index >= 15 is 0 Å². The van der Waals surface area contributed by atoms with Crippen molar-refractivity contribution in [1.82, 2.24) is 10.6 Å². The normalized spacial score (nSPS) is 20.6. The second-order valence-corrected chi connectivity index (χ2v) is 4.95. The minimum Gasteiger partial charge on any atom is -0.349 e. The van der Waals surface area contributed by atoms with Gasteiger partial charge in [0.1, 0.15) is 0 Å². The van der Waals surface area contributed by atoms with Gasteiger partial charge in [-0.15, -0.1) is 0 Å². The van der Waals surface area contributed by atoms with Gasteiger partial charge in [-0.1, -0.05) is 43.7 Å². The predicted molar refractivity (Wildman–Crippen MR) is 73.2 cm³/mol. The summed E-state index contributed by atoms with van der Waals surface area (Å²) >= 11 is 0. The molecule has 1 aliphatic heterocycles. The molecule has 0 bridgehead atoms. The van der Waals surface area contributed by atoms with E-state index in [1.807, 2.05) is 18.2 Å². The fourth-order valence-electron chi connectivity index (χ4n) is 2.46. The lowest BCUT2D eigenvalue weighted by Gasteiger charge is -2.20. The lowest BCUT2D eigenvalue weighted by atomic mass is 10.0. The quantitative estimate of drug-likeness (QED) is 0.836. The average molecular weight is 246 g/mol. The molecule has 3 heteroatoms. The Hall–Kier alpha value is -1.35. The zero-order valence-corrected chi connectivity index (χ0v) is 11.0. The Kier molecular flexibility index (Phi) is 4.76. The molecule has 0 radical (unpaired) electrons. The average Bonchev–Trinajstić information content (AvgIpc) is 2.93. The van der Waals surface area contributed by atoms with Crippen molar-refractivity contribution in [3.63, 3.8) is 0 Å². The van der Waals surface area contributed by atoms with Gasteiger partial charge < -0.3 is 10.6 Å². The Balaban J connectivity index is 1.99. The summed E-state index contributed by atoms with van der Waals surface area (Å²) in [5.41, 5.74) is 1.21. The van der Waals surface area contributed by atoms with E-state index in [2.05, 4.69) is 29.7 Å². The van der Waals surface area contributed by atoms with Crippen LogP contribution in [0.2, 0.25) is 0 Å². The number of carbonyl (C=O) groups excluding carboxylic acids is 1. The zero-order valence-electron chi connectivity index (χ0n) is 11.0. The molecule has 18 heavy (non-hydrogen) atoms. The highest BCUT2D eigenvalue weighted by atomic mass is 16.2. The molecule has 2 N–H and O–H groups in total. The number of amides is 1. The van der Waals surface area contributed by atoms with E-state index in [0.29, 0.717) is 0 Å². The summed E-state index contributed by atoms with van der Waals surface area (Å²) in [6, 6.07) is 10.4. The molecule has 1 aliphatic rings. The van der Waals surface area contributed by atoms with Crippen LogP contribution in [0.15, 0.2) is 30.3 Å². The Morgan fingerprint density at radius 1 is 1.44 bits per heavy atom. The zero-order chi connectivity index (χ0) is 12.8. The fraction of sp³-hybridized carbons (Fsp3) is 0.533. The standard InChI is InChI=1S/C15H22N2O/c1-2-6-14(12-7-4-3-5-8-12)17-15(18)13-9-10-16-11-13/h3-5,7-8,13-14,16H,2,6,9-11H2,1H3,(H,17,18). The fourth-order valence-corrected chi connectivity index (χ4v) is 2.46. The summed E-state index contributed by atoms with van der Waals surface area (Å²) in [5.74, 6) is 0.343. The Morgan fingerprint density at radius 2 is 2.22 bits per heavy atom. The summed E-state index contributed by atoms with van der Waals surface area (Å²) in [6.07, 6.45) is 3.03. The summed E-state index contributed by atoms with van der Waals surface area (Å²) in [4.78, 5) is 12.2. The maximum Gasteiger partial charge on any atom is 0.224 e. The van der Waals surface area contributed by atoms with Crippen LogP contribution in [0.1, 0.15) is 37.8 Å². The molecule has 1 heterocycles. The highest BCUT2D eigenvalue weighted by Gasteiger charge is 2.24. The number of nitrogens with one attached hydrogen (secondary N) is 2. The van der Waals surface area contributed by atoms with Crippen molar-refractivity contribution in [3.05, 3.63) is 35.9 Å². The lowest BCUT2D eigenvalue weighted by Crippen LogP contribution is -2.34. The van der Waals surface area contributed by atoms with Gasteiger partial charge in [-0.2, -0.15) is 0 Å². The maximum atomic E-state index is 12.2. The first-order valence-electron chi connectivity index (χ1n) is 6.87. The molecule has 1 aromatic rings. The van der Waals surface area contributed by atoms with Crippen LogP contribution >= 0.6 is 0 Å². The monoisotopic (exact) mass is 246 g/mol. The van der Waals surface area contributed by atoms with Gasteiger partial charge in [0.2, 0.25) is 5.91 Å². The van der Waals surface area contributed by atoms with Crippen LogP contribution in [-0.4, -0.2) is 19.0 Å². The van der Waals surface area contributed by atoms with Crippen LogP contribution in [0.5, 0.6) is 0 Å². The first-order valence-corrected chi connectivity index (χ1v) is 6.87. The topological polar surface area (TPSA) is 41.1 Å². The predicted octanol–water partition coefficient (Wildman–Crippen LogP) is 2.25. The van der Waals surface area contributed by atoms with Crippen molar-refractivity contribution in [2.45, 2.75) is 32.2 Å². The molecule has 1 amide bonds. The van der Waals surface area contributed by atoms with Crippen molar-refractivity contribution in [2.24, 2.45) is 5.92 Å². The maximum absolute atomic E-state index is 12.2. The van der Waals surface area contributed by atoms with Crippen LogP contribution in [-0.2, 0) is 4.79 Å². The molecular weight excluding hydrogens is 224 g/mol. The highest BCUT2D eigenvalue weighted by Crippen LogP contribution is 2.19. The first kappa shape index (κ1) is 13.1. The molecule has 2 atom stereocenters. The summed E-state index contributed by atoms with van der Waals surface area (Å²) < 4.78 is 0. The number of hydrogen-bond donors (Lipinski definition) is 2. The Bertz CT molecular complexity index is 371. The van der Waals surface area contributed by atoms with Crippen molar-refractivity contribution in [3.8, 4) is 0 Å². The van der Waals surface area contributed by atoms with Crippen molar-refractivity contribution in [1.29, 1.82) is 0 Å². The number of hydrogen-bond acceptors (Lipinski definition) is 2. The molecular formula is C15H22N2O. The van der Waals surface area contributed by atoms with Crippen LogP contribution in [0.3, 0.4) is 0 Å². The van der Waals surface area contributed by atoms with Crippen molar-refractivity contribution >= 4 is 5.91 Å². The first-order chi connectivity index (χ1) is 8.81. The van der Waals surface area contributed by atoms with E-state index in [4.69, 9.17) is 0 Å². The van der Waals surface area contributed by atoms with E-state index in [-0.39, 0.29) is 17.9 Å². The molecule has 2 rings (SSSR count). The van der Waals surface area contributed by atoms with Gasteiger partial charge >= 0.3 is 0 Å². The van der Waals surface area contributed by atoms with E-state index < -0.39 is 0 Å². The molecule has 0 aliphatic carbocycles. The lowest BCUT2D eigenvalue weighted by molar-refractivity contribution is -0.125. The second-order valence-electron chi connectivity index (χ2n) is 4.95. The van der Waals surface area contributed by atoms with Crippen LogP contribution in [0.25, 0.3) is 0 Å². The van der Waals surface area contributed by atoms with Gasteiger partial charge in [0.15, 0.2) is 0 Å². The molecule has 2 unspecified atom stereocenters. The second kappa shape index (κ2) is 6.55. The molecule has 0 aromatic heterocycles. The van der Waals surface area contributed by atoms with Crippen LogP contribution in [0, 0.1) is 5.92 Å². The van der Waals surface area contributed by atoms with Gasteiger partial charge in [-0.05, 0) is 24.9 Å². The SMILES string of the molecule is CCCC(NC(=O)C1CCNC1)c1ccccc1. The molecule has 98 valence electrons. The van der Waals surface area contributed by atoms with Gasteiger partial charge in [0.05, 0.1) is 12.0 Å². The van der Waals surface area contributed by atoms with E-state index in [9.17, 15) is 4.79 Å².